The van der Waals surface area contributed by atoms with Crippen LogP contribution in [0.15, 0.2) is 12.2 Å². The lowest BCUT2D eigenvalue weighted by Gasteiger charge is -2.38. The molecule has 0 amide bonds. The van der Waals surface area contributed by atoms with Crippen LogP contribution in [-0.4, -0.2) is 36.4 Å². The Morgan fingerprint density at radius 1 is 0.880 bits per heavy atom. The number of hydrogen-bond acceptors (Lipinski definition) is 2. The molecule has 0 heterocycles. The standard InChI is InChI=1S/C20H42O2Si3/c1-18(21-25(12,13)19(2,3)4)14-15-20(5,22-24(9,10)11)16-17-23(6,7)8/h14-15,18H,1-13H3/b15-14+/t18-,20?/m0/s1. The minimum atomic E-state index is -1.77. The molecular weight excluding hydrogens is 356 g/mol. The highest BCUT2D eigenvalue weighted by Crippen LogP contribution is 2.37. The molecular formula is C20H42O2Si3. The summed E-state index contributed by atoms with van der Waals surface area (Å²) in [6.07, 6.45) is 4.33. The zero-order valence-corrected chi connectivity index (χ0v) is 22.0. The molecule has 0 spiro atoms. The van der Waals surface area contributed by atoms with Crippen LogP contribution in [0.1, 0.15) is 34.6 Å². The second kappa shape index (κ2) is 8.26. The van der Waals surface area contributed by atoms with Crippen molar-refractivity contribution < 1.29 is 8.85 Å². The Hall–Kier alpha value is -0.129. The van der Waals surface area contributed by atoms with E-state index >= 15 is 0 Å². The Morgan fingerprint density at radius 3 is 1.72 bits per heavy atom. The lowest BCUT2D eigenvalue weighted by Crippen LogP contribution is -2.43. The average molecular weight is 399 g/mol. The molecule has 5 heteroatoms. The van der Waals surface area contributed by atoms with Crippen LogP contribution in [0.25, 0.3) is 0 Å². The first-order chi connectivity index (χ1) is 10.8. The third kappa shape index (κ3) is 10.6. The van der Waals surface area contributed by atoms with E-state index in [1.807, 2.05) is 0 Å². The van der Waals surface area contributed by atoms with Crippen LogP contribution in [0.3, 0.4) is 0 Å². The average Bonchev–Trinajstić information content (AvgIpc) is 2.29. The summed E-state index contributed by atoms with van der Waals surface area (Å²) in [6.45, 7) is 29.0. The van der Waals surface area contributed by atoms with Crippen molar-refractivity contribution in [3.63, 3.8) is 0 Å². The fourth-order valence-corrected chi connectivity index (χ4v) is 5.42. The Labute approximate surface area is 161 Å². The summed E-state index contributed by atoms with van der Waals surface area (Å²) >= 11 is 0. The van der Waals surface area contributed by atoms with E-state index < -0.39 is 30.3 Å². The maximum Gasteiger partial charge on any atom is 0.192 e. The van der Waals surface area contributed by atoms with Gasteiger partial charge in [-0.3, -0.25) is 0 Å². The van der Waals surface area contributed by atoms with Gasteiger partial charge < -0.3 is 8.85 Å². The molecule has 2 nitrogen and oxygen atoms in total. The normalized spacial score (nSPS) is 17.8. The molecule has 0 bridgehead atoms. The Balaban J connectivity index is 5.44. The fourth-order valence-electron chi connectivity index (χ4n) is 2.05. The summed E-state index contributed by atoms with van der Waals surface area (Å²) in [4.78, 5) is 0. The first-order valence-corrected chi connectivity index (χ1v) is 19.2. The highest BCUT2D eigenvalue weighted by molar-refractivity contribution is 6.83. The van der Waals surface area contributed by atoms with Gasteiger partial charge in [0.25, 0.3) is 0 Å². The highest BCUT2D eigenvalue weighted by atomic mass is 28.4. The van der Waals surface area contributed by atoms with E-state index in [9.17, 15) is 0 Å². The molecule has 0 N–H and O–H groups in total. The molecule has 0 saturated heterocycles. The maximum atomic E-state index is 6.44. The predicted octanol–water partition coefficient (Wildman–Crippen LogP) is 6.44. The van der Waals surface area contributed by atoms with Gasteiger partial charge >= 0.3 is 0 Å². The quantitative estimate of drug-likeness (QED) is 0.291. The third-order valence-electron chi connectivity index (χ3n) is 4.18. The van der Waals surface area contributed by atoms with Gasteiger partial charge in [0.1, 0.15) is 13.7 Å². The van der Waals surface area contributed by atoms with Gasteiger partial charge in [-0.1, -0.05) is 52.4 Å². The molecule has 25 heavy (non-hydrogen) atoms. The van der Waals surface area contributed by atoms with Crippen molar-refractivity contribution in [2.75, 3.05) is 0 Å². The van der Waals surface area contributed by atoms with Crippen molar-refractivity contribution in [3.8, 4) is 11.5 Å². The summed E-state index contributed by atoms with van der Waals surface area (Å²) in [5.74, 6) is 3.43. The van der Waals surface area contributed by atoms with Gasteiger partial charge in [0.2, 0.25) is 0 Å². The minimum absolute atomic E-state index is 0.0686. The summed E-state index contributed by atoms with van der Waals surface area (Å²) < 4.78 is 12.9. The van der Waals surface area contributed by atoms with Crippen LogP contribution in [-0.2, 0) is 8.85 Å². The van der Waals surface area contributed by atoms with E-state index in [0.717, 1.165) is 0 Å². The molecule has 0 saturated carbocycles. The van der Waals surface area contributed by atoms with E-state index in [4.69, 9.17) is 8.85 Å². The van der Waals surface area contributed by atoms with Crippen molar-refractivity contribution >= 4 is 24.7 Å². The second-order valence-electron chi connectivity index (χ2n) is 10.8. The SMILES string of the molecule is C[C@@H](/C=C/C(C)(C#C[Si](C)(C)C)O[Si](C)(C)C)O[Si](C)(C)C(C)(C)C. The molecule has 0 rings (SSSR count). The zero-order chi connectivity index (χ0) is 20.3. The largest absolute Gasteiger partial charge is 0.411 e. The molecule has 0 aliphatic heterocycles. The summed E-state index contributed by atoms with van der Waals surface area (Å²) in [7, 11) is -4.93. The molecule has 1 unspecified atom stereocenters. The van der Waals surface area contributed by atoms with Gasteiger partial charge in [0.15, 0.2) is 16.6 Å². The van der Waals surface area contributed by atoms with Gasteiger partial charge in [-0.2, -0.15) is 0 Å². The first kappa shape index (κ1) is 24.9. The lowest BCUT2D eigenvalue weighted by molar-refractivity contribution is 0.190. The topological polar surface area (TPSA) is 18.5 Å². The Morgan fingerprint density at radius 2 is 1.36 bits per heavy atom. The van der Waals surface area contributed by atoms with E-state index in [-0.39, 0.29) is 11.1 Å². The number of hydrogen-bond donors (Lipinski definition) is 0. The van der Waals surface area contributed by atoms with E-state index in [1.165, 1.54) is 0 Å². The molecule has 0 aromatic heterocycles. The van der Waals surface area contributed by atoms with Crippen LogP contribution < -0.4 is 0 Å². The molecule has 0 aromatic rings. The molecule has 146 valence electrons. The summed E-state index contributed by atoms with van der Waals surface area (Å²) in [5.41, 5.74) is 2.95. The second-order valence-corrected chi connectivity index (χ2v) is 24.7. The maximum absolute atomic E-state index is 6.44. The van der Waals surface area contributed by atoms with Crippen LogP contribution in [0, 0.1) is 11.5 Å². The van der Waals surface area contributed by atoms with Crippen LogP contribution in [0.2, 0.25) is 57.4 Å². The molecule has 0 radical (unpaired) electrons. The monoisotopic (exact) mass is 398 g/mol. The van der Waals surface area contributed by atoms with Crippen molar-refractivity contribution in [2.24, 2.45) is 0 Å². The zero-order valence-electron chi connectivity index (χ0n) is 19.0. The fraction of sp³-hybridized carbons (Fsp3) is 0.800. The van der Waals surface area contributed by atoms with Gasteiger partial charge in [-0.25, -0.2) is 0 Å². The summed E-state index contributed by atoms with van der Waals surface area (Å²) in [6, 6.07) is 0. The molecule has 0 fully saturated rings. The highest BCUT2D eigenvalue weighted by Gasteiger charge is 2.38. The van der Waals surface area contributed by atoms with E-state index in [0.29, 0.717) is 0 Å². The summed E-state index contributed by atoms with van der Waals surface area (Å²) in [5, 5.41) is 0.213. The van der Waals surface area contributed by atoms with Crippen LogP contribution in [0.4, 0.5) is 0 Å². The third-order valence-corrected chi connectivity index (χ3v) is 10.7. The molecule has 2 atom stereocenters. The van der Waals surface area contributed by atoms with Gasteiger partial charge in [-0.15, -0.1) is 5.54 Å². The van der Waals surface area contributed by atoms with Gasteiger partial charge in [0.05, 0.1) is 6.10 Å². The van der Waals surface area contributed by atoms with Crippen LogP contribution >= 0.6 is 0 Å². The van der Waals surface area contributed by atoms with E-state index in [1.54, 1.807) is 0 Å². The molecule has 0 aromatic carbocycles. The van der Waals surface area contributed by atoms with Gasteiger partial charge in [-0.05, 0) is 57.7 Å². The first-order valence-electron chi connectivity index (χ1n) is 9.38. The van der Waals surface area contributed by atoms with Crippen molar-refractivity contribution in [2.45, 2.75) is 104 Å². The lowest BCUT2D eigenvalue weighted by atomic mass is 10.1. The molecule has 0 aliphatic rings. The predicted molar refractivity (Wildman–Crippen MR) is 121 cm³/mol. The van der Waals surface area contributed by atoms with Gasteiger partial charge in [0, 0.05) is 0 Å². The van der Waals surface area contributed by atoms with Crippen molar-refractivity contribution in [3.05, 3.63) is 12.2 Å². The van der Waals surface area contributed by atoms with E-state index in [2.05, 4.69) is 111 Å². The minimum Gasteiger partial charge on any atom is -0.411 e. The van der Waals surface area contributed by atoms with Crippen LogP contribution in [0.5, 0.6) is 0 Å². The number of rotatable bonds is 6. The molecule has 0 aliphatic carbocycles. The smallest absolute Gasteiger partial charge is 0.192 e. The van der Waals surface area contributed by atoms with Crippen molar-refractivity contribution in [1.29, 1.82) is 0 Å². The van der Waals surface area contributed by atoms with Crippen molar-refractivity contribution in [1.82, 2.24) is 0 Å². The Bertz CT molecular complexity index is 522. The Kier molecular flexibility index (Phi) is 8.22.